The van der Waals surface area contributed by atoms with Crippen molar-refractivity contribution in [2.75, 3.05) is 53.0 Å². The number of amides is 3. The molecule has 0 spiro atoms. The van der Waals surface area contributed by atoms with Crippen molar-refractivity contribution in [1.29, 1.82) is 0 Å². The number of hydrogen-bond acceptors (Lipinski definition) is 7. The number of morpholine rings is 1. The van der Waals surface area contributed by atoms with Gasteiger partial charge in [0.1, 0.15) is 28.7 Å². The van der Waals surface area contributed by atoms with E-state index in [1.165, 1.54) is 11.0 Å². The molecule has 0 radical (unpaired) electrons. The van der Waals surface area contributed by atoms with Crippen LogP contribution in [0.25, 0.3) is 0 Å². The van der Waals surface area contributed by atoms with Crippen LogP contribution >= 0.6 is 0 Å². The number of nitrogens with one attached hydrogen (secondary N) is 2. The highest BCUT2D eigenvalue weighted by Crippen LogP contribution is 2.41. The highest BCUT2D eigenvalue weighted by molar-refractivity contribution is 6.42. The molecule has 0 bridgehead atoms. The van der Waals surface area contributed by atoms with Crippen molar-refractivity contribution in [3.05, 3.63) is 77.0 Å². The number of allylic oxidation sites excluding steroid dienone is 3. The average molecular weight is 551 g/mol. The number of hydrogen-bond donors (Lipinski definition) is 2. The van der Waals surface area contributed by atoms with E-state index in [1.807, 2.05) is 12.2 Å². The summed E-state index contributed by atoms with van der Waals surface area (Å²) in [5.41, 5.74) is 2.59. The summed E-state index contributed by atoms with van der Waals surface area (Å²) >= 11 is 0. The fourth-order valence-corrected chi connectivity index (χ4v) is 5.39. The molecule has 1 aromatic carbocycles. The summed E-state index contributed by atoms with van der Waals surface area (Å²) in [5, 5.41) is 6.18. The lowest BCUT2D eigenvalue weighted by atomic mass is 9.78. The molecule has 1 fully saturated rings. The number of urea groups is 1. The van der Waals surface area contributed by atoms with Crippen LogP contribution in [-0.4, -0.2) is 86.1 Å². The zero-order valence-electron chi connectivity index (χ0n) is 21.8. The maximum absolute atomic E-state index is 14.7. The molecule has 5 aliphatic rings. The smallest absolute Gasteiger partial charge is 0.346 e. The molecule has 10 nitrogen and oxygen atoms in total. The van der Waals surface area contributed by atoms with Gasteiger partial charge in [0.15, 0.2) is 11.6 Å². The number of fused-ring (bicyclic) bond motifs is 2. The minimum Gasteiger partial charge on any atom is -0.455 e. The Kier molecular flexibility index (Phi) is 7.13. The number of ether oxygens (including phenoxy) is 2. The maximum atomic E-state index is 14.7. The standard InChI is InChI=1S/C28H28F2N6O4/c1-35-15-20(18-4-5-32-24(18)27(35)37)19-12-16(14-31-6-7-36-8-10-39-11-9-36)23-25(34-28(38)33-23)26(19)40-22-3-2-17(29)13-21(22)30/h2-5,12-13,15,18-19,31H,6-11,14H2,1H3,(H,34,38). The summed E-state index contributed by atoms with van der Waals surface area (Å²) in [6, 6.07) is 2.46. The summed E-state index contributed by atoms with van der Waals surface area (Å²) < 4.78 is 39.8. The molecule has 6 rings (SSSR count). The number of carbonyl (C=O) groups is 2. The molecule has 2 N–H and O–H groups in total. The Morgan fingerprint density at radius 2 is 2.02 bits per heavy atom. The second-order valence-electron chi connectivity index (χ2n) is 9.99. The summed E-state index contributed by atoms with van der Waals surface area (Å²) in [6.45, 7) is 5.16. The van der Waals surface area contributed by atoms with Gasteiger partial charge in [0.2, 0.25) is 0 Å². The molecule has 2 atom stereocenters. The van der Waals surface area contributed by atoms with Crippen molar-refractivity contribution < 1.29 is 27.8 Å². The lowest BCUT2D eigenvalue weighted by Crippen LogP contribution is -2.42. The van der Waals surface area contributed by atoms with Gasteiger partial charge in [0.25, 0.3) is 5.91 Å². The molecule has 1 aliphatic carbocycles. The second kappa shape index (κ2) is 10.9. The fraction of sp³-hybridized carbons (Fsp3) is 0.357. The highest BCUT2D eigenvalue weighted by Gasteiger charge is 2.42. The predicted molar refractivity (Wildman–Crippen MR) is 143 cm³/mol. The van der Waals surface area contributed by atoms with Crippen LogP contribution in [0.1, 0.15) is 0 Å². The van der Waals surface area contributed by atoms with E-state index < -0.39 is 29.5 Å². The number of nitrogens with zero attached hydrogens (tertiary/aromatic N) is 4. The summed E-state index contributed by atoms with van der Waals surface area (Å²) in [5.74, 6) is -2.86. The average Bonchev–Trinajstić information content (AvgIpc) is 3.59. The third-order valence-corrected chi connectivity index (χ3v) is 7.41. The van der Waals surface area contributed by atoms with Crippen LogP contribution in [-0.2, 0) is 9.53 Å². The molecule has 1 saturated heterocycles. The zero-order chi connectivity index (χ0) is 27.8. The van der Waals surface area contributed by atoms with E-state index in [2.05, 4.69) is 25.5 Å². The quantitative estimate of drug-likeness (QED) is 0.481. The number of aliphatic imine (C=N–C) groups is 2. The van der Waals surface area contributed by atoms with Crippen LogP contribution in [0.15, 0.2) is 75.3 Å². The molecule has 1 aromatic rings. The van der Waals surface area contributed by atoms with Crippen molar-refractivity contribution in [3.63, 3.8) is 0 Å². The minimum absolute atomic E-state index is 0.202. The topological polar surface area (TPSA) is 108 Å². The number of rotatable bonds is 8. The first-order chi connectivity index (χ1) is 19.4. The van der Waals surface area contributed by atoms with E-state index in [0.29, 0.717) is 30.2 Å². The van der Waals surface area contributed by atoms with E-state index >= 15 is 0 Å². The van der Waals surface area contributed by atoms with Crippen molar-refractivity contribution >= 4 is 23.4 Å². The molecule has 3 amide bonds. The maximum Gasteiger partial charge on any atom is 0.346 e. The van der Waals surface area contributed by atoms with Crippen LogP contribution in [0, 0.1) is 23.5 Å². The van der Waals surface area contributed by atoms with Gasteiger partial charge in [-0.1, -0.05) is 12.2 Å². The van der Waals surface area contributed by atoms with Crippen LogP contribution in [0.4, 0.5) is 13.6 Å². The van der Waals surface area contributed by atoms with Gasteiger partial charge >= 0.3 is 6.03 Å². The Morgan fingerprint density at radius 3 is 2.83 bits per heavy atom. The summed E-state index contributed by atoms with van der Waals surface area (Å²) in [4.78, 5) is 37.5. The first kappa shape index (κ1) is 26.2. The number of halogens is 2. The lowest BCUT2D eigenvalue weighted by Gasteiger charge is -2.34. The third kappa shape index (κ3) is 5.01. The predicted octanol–water partition coefficient (Wildman–Crippen LogP) is 2.14. The normalized spacial score (nSPS) is 24.3. The van der Waals surface area contributed by atoms with Gasteiger partial charge in [-0.15, -0.1) is 0 Å². The zero-order valence-corrected chi connectivity index (χ0v) is 21.8. The summed E-state index contributed by atoms with van der Waals surface area (Å²) in [6.07, 6.45) is 7.04. The van der Waals surface area contributed by atoms with Gasteiger partial charge in [-0.3, -0.25) is 14.7 Å². The molecule has 0 saturated carbocycles. The number of carbonyl (C=O) groups excluding carboxylic acids is 2. The van der Waals surface area contributed by atoms with Crippen molar-refractivity contribution in [2.45, 2.75) is 0 Å². The minimum atomic E-state index is -0.887. The van der Waals surface area contributed by atoms with Crippen molar-refractivity contribution in [3.8, 4) is 5.75 Å². The molecular formula is C28H28F2N6O4. The molecule has 40 heavy (non-hydrogen) atoms. The van der Waals surface area contributed by atoms with Crippen LogP contribution in [0.3, 0.4) is 0 Å². The molecule has 12 heteroatoms. The Hall–Kier alpha value is -4.00. The first-order valence-electron chi connectivity index (χ1n) is 13.1. The Bertz CT molecular complexity index is 1440. The van der Waals surface area contributed by atoms with E-state index in [0.717, 1.165) is 56.1 Å². The molecule has 4 aliphatic heterocycles. The molecular weight excluding hydrogens is 522 g/mol. The molecule has 2 unspecified atom stereocenters. The van der Waals surface area contributed by atoms with Crippen LogP contribution in [0.2, 0.25) is 0 Å². The lowest BCUT2D eigenvalue weighted by molar-refractivity contribution is -0.121. The van der Waals surface area contributed by atoms with Crippen molar-refractivity contribution in [1.82, 2.24) is 20.4 Å². The molecule has 208 valence electrons. The van der Waals surface area contributed by atoms with Gasteiger partial charge in [-0.2, -0.15) is 4.99 Å². The third-order valence-electron chi connectivity index (χ3n) is 7.41. The number of benzene rings is 1. The summed E-state index contributed by atoms with van der Waals surface area (Å²) in [7, 11) is 1.64. The van der Waals surface area contributed by atoms with E-state index in [9.17, 15) is 18.4 Å². The van der Waals surface area contributed by atoms with E-state index in [-0.39, 0.29) is 17.4 Å². The largest absolute Gasteiger partial charge is 0.455 e. The van der Waals surface area contributed by atoms with E-state index in [4.69, 9.17) is 9.47 Å². The van der Waals surface area contributed by atoms with Gasteiger partial charge < -0.3 is 25.0 Å². The highest BCUT2D eigenvalue weighted by atomic mass is 19.1. The Morgan fingerprint density at radius 1 is 1.20 bits per heavy atom. The van der Waals surface area contributed by atoms with E-state index in [1.54, 1.807) is 19.4 Å². The Labute approximate surface area is 229 Å². The van der Waals surface area contributed by atoms with Crippen LogP contribution < -0.4 is 15.4 Å². The van der Waals surface area contributed by atoms with Gasteiger partial charge in [-0.25, -0.2) is 13.6 Å². The molecule has 4 heterocycles. The first-order valence-corrected chi connectivity index (χ1v) is 13.1. The van der Waals surface area contributed by atoms with Gasteiger partial charge in [0, 0.05) is 58.2 Å². The van der Waals surface area contributed by atoms with Gasteiger partial charge in [-0.05, 0) is 23.3 Å². The Balaban J connectivity index is 1.35. The fourth-order valence-electron chi connectivity index (χ4n) is 5.39. The molecule has 0 aromatic heterocycles. The van der Waals surface area contributed by atoms with Gasteiger partial charge in [0.05, 0.1) is 25.0 Å². The van der Waals surface area contributed by atoms with Crippen molar-refractivity contribution in [2.24, 2.45) is 21.8 Å². The SMILES string of the molecule is CN1C=C(C2C=C(CNCCN3CCOCC3)C3=NC(=O)NC3=C2Oc2ccc(F)cc2F)C2C=CN=C2C1=O. The van der Waals surface area contributed by atoms with Crippen LogP contribution in [0.5, 0.6) is 5.75 Å². The monoisotopic (exact) mass is 550 g/mol. The second-order valence-corrected chi connectivity index (χ2v) is 9.99.